The van der Waals surface area contributed by atoms with E-state index in [0.717, 1.165) is 22.8 Å². The number of carbonyl (C=O) groups is 2. The van der Waals surface area contributed by atoms with Crippen molar-refractivity contribution in [3.05, 3.63) is 34.3 Å². The van der Waals surface area contributed by atoms with Crippen molar-refractivity contribution in [2.45, 2.75) is 66.0 Å². The van der Waals surface area contributed by atoms with Gasteiger partial charge in [-0.15, -0.1) is 11.3 Å². The van der Waals surface area contributed by atoms with Gasteiger partial charge in [-0.1, -0.05) is 13.8 Å². The van der Waals surface area contributed by atoms with Crippen molar-refractivity contribution < 1.29 is 9.59 Å². The number of hydrogen-bond donors (Lipinski definition) is 0. The average Bonchev–Trinajstić information content (AvgIpc) is 3.46. The van der Waals surface area contributed by atoms with E-state index in [1.54, 1.807) is 11.3 Å². The summed E-state index contributed by atoms with van der Waals surface area (Å²) in [5, 5.41) is 3.04. The quantitative estimate of drug-likeness (QED) is 0.684. The van der Waals surface area contributed by atoms with Gasteiger partial charge in [0.25, 0.3) is 0 Å². The molecule has 4 rings (SSSR count). The van der Waals surface area contributed by atoms with Gasteiger partial charge >= 0.3 is 0 Å². The number of carbonyl (C=O) groups excluding carboxylic acids is 2. The Morgan fingerprint density at radius 3 is 2.71 bits per heavy atom. The van der Waals surface area contributed by atoms with Gasteiger partial charge in [-0.3, -0.25) is 9.59 Å². The average molecular weight is 444 g/mol. The SMILES string of the molecule is Cc1nc(CN2CC[C@]3(CN(C(=O)CC(C)C)C[C@H]3c3cn(C(C)C)cn3)C2=O)cs1. The maximum Gasteiger partial charge on any atom is 0.231 e. The minimum absolute atomic E-state index is 0.0710. The minimum atomic E-state index is -0.589. The molecule has 0 aromatic carbocycles. The fourth-order valence-electron chi connectivity index (χ4n) is 4.93. The first-order chi connectivity index (χ1) is 14.7. The van der Waals surface area contributed by atoms with Gasteiger partial charge in [0, 0.05) is 49.6 Å². The third kappa shape index (κ3) is 4.14. The van der Waals surface area contributed by atoms with E-state index < -0.39 is 5.41 Å². The van der Waals surface area contributed by atoms with Crippen LogP contribution in [-0.4, -0.2) is 55.8 Å². The smallest absolute Gasteiger partial charge is 0.231 e. The number of likely N-dealkylation sites (tertiary alicyclic amines) is 2. The highest BCUT2D eigenvalue weighted by Crippen LogP contribution is 2.50. The molecule has 2 aliphatic heterocycles. The lowest BCUT2D eigenvalue weighted by Gasteiger charge is -2.27. The first-order valence-electron chi connectivity index (χ1n) is 11.2. The number of rotatable bonds is 6. The first-order valence-corrected chi connectivity index (χ1v) is 12.1. The molecule has 2 atom stereocenters. The van der Waals surface area contributed by atoms with Crippen LogP contribution in [0.1, 0.15) is 68.9 Å². The van der Waals surface area contributed by atoms with Gasteiger partial charge in [0.1, 0.15) is 0 Å². The Hall–Kier alpha value is -2.22. The molecule has 0 unspecified atom stereocenters. The van der Waals surface area contributed by atoms with E-state index in [0.29, 0.717) is 44.6 Å². The summed E-state index contributed by atoms with van der Waals surface area (Å²) in [7, 11) is 0. The van der Waals surface area contributed by atoms with Crippen LogP contribution >= 0.6 is 11.3 Å². The number of amides is 2. The van der Waals surface area contributed by atoms with Gasteiger partial charge in [0.05, 0.1) is 34.7 Å². The van der Waals surface area contributed by atoms with Crippen LogP contribution in [0.5, 0.6) is 0 Å². The second-order valence-electron chi connectivity index (χ2n) is 9.76. The summed E-state index contributed by atoms with van der Waals surface area (Å²) in [6, 6.07) is 0.306. The van der Waals surface area contributed by atoms with Crippen LogP contribution in [-0.2, 0) is 16.1 Å². The molecule has 8 heteroatoms. The van der Waals surface area contributed by atoms with Crippen molar-refractivity contribution in [3.8, 4) is 0 Å². The molecule has 2 aliphatic rings. The molecule has 0 saturated carbocycles. The topological polar surface area (TPSA) is 71.3 Å². The van der Waals surface area contributed by atoms with Crippen molar-refractivity contribution in [3.63, 3.8) is 0 Å². The molecule has 2 aromatic rings. The van der Waals surface area contributed by atoms with Crippen LogP contribution in [0.15, 0.2) is 17.9 Å². The van der Waals surface area contributed by atoms with Crippen LogP contribution in [0.25, 0.3) is 0 Å². The highest BCUT2D eigenvalue weighted by molar-refractivity contribution is 7.09. The Kier molecular flexibility index (Phi) is 5.94. The summed E-state index contributed by atoms with van der Waals surface area (Å²) in [6.45, 7) is 12.6. The van der Waals surface area contributed by atoms with Gasteiger partial charge in [-0.2, -0.15) is 0 Å². The lowest BCUT2D eigenvalue weighted by Crippen LogP contribution is -2.40. The van der Waals surface area contributed by atoms with E-state index in [-0.39, 0.29) is 17.7 Å². The Balaban J connectivity index is 1.62. The number of thiazole rings is 1. The van der Waals surface area contributed by atoms with Crippen molar-refractivity contribution in [1.82, 2.24) is 24.3 Å². The lowest BCUT2D eigenvalue weighted by atomic mass is 9.75. The van der Waals surface area contributed by atoms with E-state index in [4.69, 9.17) is 0 Å². The van der Waals surface area contributed by atoms with Gasteiger partial charge in [0.15, 0.2) is 0 Å². The summed E-state index contributed by atoms with van der Waals surface area (Å²) in [5.41, 5.74) is 1.28. The number of hydrogen-bond acceptors (Lipinski definition) is 5. The Bertz CT molecular complexity index is 965. The van der Waals surface area contributed by atoms with Crippen molar-refractivity contribution >= 4 is 23.2 Å². The van der Waals surface area contributed by atoms with Crippen LogP contribution in [0.3, 0.4) is 0 Å². The predicted octanol–water partition coefficient (Wildman–Crippen LogP) is 3.62. The van der Waals surface area contributed by atoms with Crippen LogP contribution in [0.4, 0.5) is 0 Å². The Morgan fingerprint density at radius 2 is 2.10 bits per heavy atom. The highest BCUT2D eigenvalue weighted by Gasteiger charge is 2.58. The Labute approximate surface area is 188 Å². The summed E-state index contributed by atoms with van der Waals surface area (Å²) >= 11 is 1.61. The van der Waals surface area contributed by atoms with Crippen LogP contribution < -0.4 is 0 Å². The zero-order valence-corrected chi connectivity index (χ0v) is 20.0. The number of imidazole rings is 1. The number of nitrogens with zero attached hydrogens (tertiary/aromatic N) is 5. The molecular formula is C23H33N5O2S. The first kappa shape index (κ1) is 22.0. The normalized spacial score (nSPS) is 23.8. The van der Waals surface area contributed by atoms with Gasteiger partial charge in [-0.05, 0) is 33.1 Å². The Morgan fingerprint density at radius 1 is 1.32 bits per heavy atom. The number of aromatic nitrogens is 3. The maximum absolute atomic E-state index is 13.8. The zero-order valence-electron chi connectivity index (χ0n) is 19.2. The summed E-state index contributed by atoms with van der Waals surface area (Å²) in [5.74, 6) is 0.508. The standard InChI is InChI=1S/C23H33N5O2S/c1-15(2)8-21(29)27-10-19(20-11-28(14-24-20)16(3)4)23(13-27)6-7-26(22(23)30)9-18-12-31-17(5)25-18/h11-12,14-16,19H,6-10,13H2,1-5H3/t19-,23+/m0/s1. The summed E-state index contributed by atoms with van der Waals surface area (Å²) in [6.07, 6.45) is 5.17. The molecule has 0 radical (unpaired) electrons. The molecule has 4 heterocycles. The van der Waals surface area contributed by atoms with Crippen molar-refractivity contribution in [2.75, 3.05) is 19.6 Å². The van der Waals surface area contributed by atoms with Crippen LogP contribution in [0.2, 0.25) is 0 Å². The molecule has 2 fully saturated rings. The van der Waals surface area contributed by atoms with Gasteiger partial charge in [-0.25, -0.2) is 9.97 Å². The third-order valence-electron chi connectivity index (χ3n) is 6.61. The van der Waals surface area contributed by atoms with E-state index >= 15 is 0 Å². The fourth-order valence-corrected chi connectivity index (χ4v) is 5.53. The summed E-state index contributed by atoms with van der Waals surface area (Å²) in [4.78, 5) is 39.8. The van der Waals surface area contributed by atoms with Crippen molar-refractivity contribution in [1.29, 1.82) is 0 Å². The third-order valence-corrected chi connectivity index (χ3v) is 7.44. The molecule has 0 bridgehead atoms. The van der Waals surface area contributed by atoms with E-state index in [1.807, 2.05) is 28.4 Å². The second-order valence-corrected chi connectivity index (χ2v) is 10.8. The molecular weight excluding hydrogens is 410 g/mol. The second kappa shape index (κ2) is 8.37. The summed E-state index contributed by atoms with van der Waals surface area (Å²) < 4.78 is 2.08. The molecule has 31 heavy (non-hydrogen) atoms. The zero-order chi connectivity index (χ0) is 22.3. The molecule has 168 valence electrons. The fraction of sp³-hybridized carbons (Fsp3) is 0.652. The minimum Gasteiger partial charge on any atom is -0.341 e. The highest BCUT2D eigenvalue weighted by atomic mass is 32.1. The molecule has 1 spiro atoms. The van der Waals surface area contributed by atoms with E-state index in [1.165, 1.54) is 0 Å². The molecule has 2 amide bonds. The largest absolute Gasteiger partial charge is 0.341 e. The maximum atomic E-state index is 13.8. The molecule has 2 aromatic heterocycles. The predicted molar refractivity (Wildman–Crippen MR) is 121 cm³/mol. The molecule has 0 N–H and O–H groups in total. The molecule has 2 saturated heterocycles. The lowest BCUT2D eigenvalue weighted by molar-refractivity contribution is -0.137. The number of aryl methyl sites for hydroxylation is 1. The monoisotopic (exact) mass is 443 g/mol. The molecule has 0 aliphatic carbocycles. The van der Waals surface area contributed by atoms with Gasteiger partial charge in [0.2, 0.25) is 11.8 Å². The van der Waals surface area contributed by atoms with Crippen LogP contribution in [0, 0.1) is 18.3 Å². The van der Waals surface area contributed by atoms with Crippen molar-refractivity contribution in [2.24, 2.45) is 11.3 Å². The van der Waals surface area contributed by atoms with Gasteiger partial charge < -0.3 is 14.4 Å². The van der Waals surface area contributed by atoms with E-state index in [2.05, 4.69) is 48.4 Å². The molecule has 7 nitrogen and oxygen atoms in total. The van der Waals surface area contributed by atoms with E-state index in [9.17, 15) is 9.59 Å².